The largest absolute Gasteiger partial charge is 0.495 e. The molecule has 1 aromatic rings. The van der Waals surface area contributed by atoms with E-state index >= 15 is 0 Å². The van der Waals surface area contributed by atoms with Gasteiger partial charge in [0.05, 0.1) is 16.1 Å². The van der Waals surface area contributed by atoms with Gasteiger partial charge in [-0.3, -0.25) is 0 Å². The maximum Gasteiger partial charge on any atom is 0.495 e. The van der Waals surface area contributed by atoms with Crippen LogP contribution < -0.4 is 10.2 Å². The zero-order valence-corrected chi connectivity index (χ0v) is 18.4. The highest BCUT2D eigenvalue weighted by molar-refractivity contribution is 7.89. The minimum atomic E-state index is -3.58. The summed E-state index contributed by atoms with van der Waals surface area (Å²) in [4.78, 5) is 0.396. The van der Waals surface area contributed by atoms with Gasteiger partial charge in [-0.15, -0.1) is 0 Å². The van der Waals surface area contributed by atoms with Gasteiger partial charge in [-0.05, 0) is 96.8 Å². The van der Waals surface area contributed by atoms with Gasteiger partial charge in [0.25, 0.3) is 0 Å². The van der Waals surface area contributed by atoms with Gasteiger partial charge < -0.3 is 9.31 Å². The standard InChI is InChI=1S/C20H32BNO4S/c1-18(2,3)22-27(23,24)17-13-12-16(14-10-8-9-11-15(14)17)21-25-19(4,5)20(6,7)26-21/h12-13,22H,8-11H2,1-7H3. The van der Waals surface area contributed by atoms with E-state index in [1.807, 2.05) is 54.5 Å². The highest BCUT2D eigenvalue weighted by atomic mass is 32.2. The van der Waals surface area contributed by atoms with E-state index in [1.165, 1.54) is 0 Å². The molecule has 2 aliphatic rings. The van der Waals surface area contributed by atoms with Crippen LogP contribution in [0.4, 0.5) is 0 Å². The Labute approximate surface area is 164 Å². The Morgan fingerprint density at radius 2 is 1.48 bits per heavy atom. The van der Waals surface area contributed by atoms with Crippen molar-refractivity contribution in [2.45, 2.75) is 95.8 Å². The van der Waals surface area contributed by atoms with Crippen LogP contribution in [-0.2, 0) is 32.2 Å². The van der Waals surface area contributed by atoms with E-state index in [2.05, 4.69) is 4.72 Å². The van der Waals surface area contributed by atoms with Gasteiger partial charge in [-0.1, -0.05) is 6.07 Å². The first-order chi connectivity index (χ1) is 12.2. The van der Waals surface area contributed by atoms with E-state index < -0.39 is 33.9 Å². The summed E-state index contributed by atoms with van der Waals surface area (Å²) in [6.45, 7) is 13.7. The fraction of sp³-hybridized carbons (Fsp3) is 0.700. The summed E-state index contributed by atoms with van der Waals surface area (Å²) in [5.41, 5.74) is 1.61. The summed E-state index contributed by atoms with van der Waals surface area (Å²) in [7, 11) is -4.04. The number of nitrogens with one attached hydrogen (secondary N) is 1. The highest BCUT2D eigenvalue weighted by Gasteiger charge is 2.52. The summed E-state index contributed by atoms with van der Waals surface area (Å²) in [5.74, 6) is 0. The Kier molecular flexibility index (Phi) is 5.08. The second kappa shape index (κ2) is 6.58. The summed E-state index contributed by atoms with van der Waals surface area (Å²) >= 11 is 0. The van der Waals surface area contributed by atoms with Crippen LogP contribution in [0.15, 0.2) is 17.0 Å². The first kappa shape index (κ1) is 20.8. The summed E-state index contributed by atoms with van der Waals surface area (Å²) in [6, 6.07) is 3.60. The van der Waals surface area contributed by atoms with Crippen molar-refractivity contribution in [3.63, 3.8) is 0 Å². The first-order valence-corrected chi connectivity index (χ1v) is 11.3. The van der Waals surface area contributed by atoms with Gasteiger partial charge in [-0.25, -0.2) is 13.1 Å². The molecule has 1 aliphatic carbocycles. The van der Waals surface area contributed by atoms with Gasteiger partial charge in [0.1, 0.15) is 0 Å². The first-order valence-electron chi connectivity index (χ1n) is 9.78. The third-order valence-corrected chi connectivity index (χ3v) is 7.61. The van der Waals surface area contributed by atoms with Crippen LogP contribution in [0.1, 0.15) is 72.4 Å². The van der Waals surface area contributed by atoms with E-state index in [-0.39, 0.29) is 0 Å². The molecule has 150 valence electrons. The molecule has 7 heteroatoms. The number of rotatable bonds is 3. The molecule has 1 heterocycles. The fourth-order valence-electron chi connectivity index (χ4n) is 3.76. The van der Waals surface area contributed by atoms with Gasteiger partial charge in [0.15, 0.2) is 0 Å². The SMILES string of the molecule is CC(C)(C)NS(=O)(=O)c1ccc(B2OC(C)(C)C(C)(C)O2)c2c1CCCC2. The van der Waals surface area contributed by atoms with Crippen LogP contribution >= 0.6 is 0 Å². The Hall–Kier alpha value is -0.885. The molecule has 0 bridgehead atoms. The van der Waals surface area contributed by atoms with Crippen molar-refractivity contribution in [2.24, 2.45) is 0 Å². The smallest absolute Gasteiger partial charge is 0.399 e. The van der Waals surface area contributed by atoms with E-state index in [0.717, 1.165) is 42.3 Å². The van der Waals surface area contributed by atoms with E-state index in [0.29, 0.717) is 4.90 Å². The minimum absolute atomic E-state index is 0.396. The minimum Gasteiger partial charge on any atom is -0.399 e. The molecule has 5 nitrogen and oxygen atoms in total. The number of fused-ring (bicyclic) bond motifs is 1. The van der Waals surface area contributed by atoms with Crippen molar-refractivity contribution >= 4 is 22.6 Å². The number of sulfonamides is 1. The Morgan fingerprint density at radius 3 is 2.00 bits per heavy atom. The zero-order valence-electron chi connectivity index (χ0n) is 17.6. The molecular weight excluding hydrogens is 361 g/mol. The lowest BCUT2D eigenvalue weighted by atomic mass is 9.72. The molecule has 1 aromatic carbocycles. The van der Waals surface area contributed by atoms with Crippen LogP contribution in [0.5, 0.6) is 0 Å². The van der Waals surface area contributed by atoms with Gasteiger partial charge >= 0.3 is 7.12 Å². The Balaban J connectivity index is 2.06. The summed E-state index contributed by atoms with van der Waals surface area (Å²) in [6.07, 6.45) is 3.67. The van der Waals surface area contributed by atoms with E-state index in [9.17, 15) is 8.42 Å². The van der Waals surface area contributed by atoms with Crippen molar-refractivity contribution in [3.05, 3.63) is 23.3 Å². The molecule has 0 amide bonds. The average molecular weight is 393 g/mol. The molecule has 1 N–H and O–H groups in total. The molecular formula is C20H32BNO4S. The topological polar surface area (TPSA) is 64.6 Å². The lowest BCUT2D eigenvalue weighted by molar-refractivity contribution is 0.00578. The normalized spacial score (nSPS) is 22.0. The maximum absolute atomic E-state index is 13.0. The molecule has 27 heavy (non-hydrogen) atoms. The molecule has 0 spiro atoms. The molecule has 0 saturated carbocycles. The van der Waals surface area contributed by atoms with E-state index in [1.54, 1.807) is 6.07 Å². The maximum atomic E-state index is 13.0. The van der Waals surface area contributed by atoms with Crippen molar-refractivity contribution in [3.8, 4) is 0 Å². The summed E-state index contributed by atoms with van der Waals surface area (Å²) < 4.78 is 41.2. The van der Waals surface area contributed by atoms with Crippen molar-refractivity contribution < 1.29 is 17.7 Å². The fourth-order valence-corrected chi connectivity index (χ4v) is 5.48. The van der Waals surface area contributed by atoms with Gasteiger partial charge in [0, 0.05) is 5.54 Å². The van der Waals surface area contributed by atoms with Gasteiger partial charge in [-0.2, -0.15) is 0 Å². The molecule has 1 fully saturated rings. The number of benzene rings is 1. The van der Waals surface area contributed by atoms with Crippen LogP contribution in [-0.4, -0.2) is 32.3 Å². The predicted molar refractivity (Wildman–Crippen MR) is 109 cm³/mol. The molecule has 1 saturated heterocycles. The van der Waals surface area contributed by atoms with Crippen LogP contribution in [0, 0.1) is 0 Å². The lowest BCUT2D eigenvalue weighted by Crippen LogP contribution is -2.42. The van der Waals surface area contributed by atoms with E-state index in [4.69, 9.17) is 9.31 Å². The number of hydrogen-bond acceptors (Lipinski definition) is 4. The second-order valence-electron chi connectivity index (χ2n) is 9.76. The molecule has 0 atom stereocenters. The zero-order chi connectivity index (χ0) is 20.3. The number of hydrogen-bond donors (Lipinski definition) is 1. The lowest BCUT2D eigenvalue weighted by Gasteiger charge is -2.32. The average Bonchev–Trinajstić information content (AvgIpc) is 2.71. The van der Waals surface area contributed by atoms with Gasteiger partial charge in [0.2, 0.25) is 10.0 Å². The molecule has 0 radical (unpaired) electrons. The predicted octanol–water partition coefficient (Wildman–Crippen LogP) is 2.94. The van der Waals surface area contributed by atoms with Crippen molar-refractivity contribution in [1.29, 1.82) is 0 Å². The van der Waals surface area contributed by atoms with Crippen LogP contribution in [0.25, 0.3) is 0 Å². The van der Waals surface area contributed by atoms with Crippen LogP contribution in [0.3, 0.4) is 0 Å². The third-order valence-electron chi connectivity index (χ3n) is 5.77. The quantitative estimate of drug-likeness (QED) is 0.802. The molecule has 0 unspecified atom stereocenters. The Bertz CT molecular complexity index is 824. The Morgan fingerprint density at radius 1 is 0.963 bits per heavy atom. The van der Waals surface area contributed by atoms with Crippen molar-refractivity contribution in [1.82, 2.24) is 4.72 Å². The molecule has 1 aliphatic heterocycles. The van der Waals surface area contributed by atoms with Crippen molar-refractivity contribution in [2.75, 3.05) is 0 Å². The summed E-state index contributed by atoms with van der Waals surface area (Å²) in [5, 5.41) is 0. The molecule has 0 aromatic heterocycles. The second-order valence-corrected chi connectivity index (χ2v) is 11.4. The third kappa shape index (κ3) is 3.97. The molecule has 3 rings (SSSR count). The van der Waals surface area contributed by atoms with Crippen LogP contribution in [0.2, 0.25) is 0 Å². The monoisotopic (exact) mass is 393 g/mol. The highest BCUT2D eigenvalue weighted by Crippen LogP contribution is 2.37.